The Balaban J connectivity index is 1.38. The van der Waals surface area contributed by atoms with E-state index in [-0.39, 0.29) is 11.9 Å². The molecule has 0 spiro atoms. The fraction of sp³-hybridized carbons (Fsp3) is 0.368. The molecule has 1 N–H and O–H groups in total. The number of hydrogen-bond donors (Lipinski definition) is 1. The lowest BCUT2D eigenvalue weighted by Gasteiger charge is -2.34. The maximum absolute atomic E-state index is 12.3. The zero-order valence-electron chi connectivity index (χ0n) is 15.3. The van der Waals surface area contributed by atoms with Crippen molar-refractivity contribution in [2.75, 3.05) is 13.1 Å². The second-order valence-electron chi connectivity index (χ2n) is 6.83. The van der Waals surface area contributed by atoms with E-state index in [0.717, 1.165) is 26.1 Å². The van der Waals surface area contributed by atoms with Crippen LogP contribution < -0.4 is 5.32 Å². The zero-order chi connectivity index (χ0) is 18.6. The SMILES string of the molecule is Cn1nccc1C(=O)NCCC1CN(Cc2ccncc2)Cc2ccnn21. The number of nitrogens with zero attached hydrogens (tertiary/aromatic N) is 6. The Kier molecular flexibility index (Phi) is 4.97. The van der Waals surface area contributed by atoms with Gasteiger partial charge in [-0.1, -0.05) is 0 Å². The van der Waals surface area contributed by atoms with Gasteiger partial charge >= 0.3 is 0 Å². The van der Waals surface area contributed by atoms with Gasteiger partial charge in [0.05, 0.1) is 11.7 Å². The van der Waals surface area contributed by atoms with Gasteiger partial charge in [0.25, 0.3) is 5.91 Å². The molecule has 0 aromatic carbocycles. The minimum Gasteiger partial charge on any atom is -0.351 e. The predicted molar refractivity (Wildman–Crippen MR) is 99.8 cm³/mol. The molecular formula is C19H23N7O. The molecular weight excluding hydrogens is 342 g/mol. The van der Waals surface area contributed by atoms with Crippen LogP contribution in [0.2, 0.25) is 0 Å². The van der Waals surface area contributed by atoms with Crippen molar-refractivity contribution >= 4 is 5.91 Å². The monoisotopic (exact) mass is 365 g/mol. The molecule has 0 saturated heterocycles. The van der Waals surface area contributed by atoms with E-state index in [4.69, 9.17) is 0 Å². The largest absolute Gasteiger partial charge is 0.351 e. The molecule has 0 radical (unpaired) electrons. The molecule has 4 heterocycles. The van der Waals surface area contributed by atoms with Gasteiger partial charge in [0.15, 0.2) is 0 Å². The highest BCUT2D eigenvalue weighted by molar-refractivity contribution is 5.92. The first kappa shape index (κ1) is 17.4. The number of nitrogens with one attached hydrogen (secondary N) is 1. The number of aromatic nitrogens is 5. The van der Waals surface area contributed by atoms with Gasteiger partial charge in [0.2, 0.25) is 0 Å². The van der Waals surface area contributed by atoms with Crippen molar-refractivity contribution in [2.24, 2.45) is 7.05 Å². The number of rotatable bonds is 6. The number of amides is 1. The number of hydrogen-bond acceptors (Lipinski definition) is 5. The van der Waals surface area contributed by atoms with E-state index in [1.54, 1.807) is 24.0 Å². The summed E-state index contributed by atoms with van der Waals surface area (Å²) in [5, 5.41) is 11.5. The number of pyridine rings is 1. The summed E-state index contributed by atoms with van der Waals surface area (Å²) in [4.78, 5) is 18.8. The molecule has 1 atom stereocenters. The van der Waals surface area contributed by atoms with Crippen molar-refractivity contribution in [1.82, 2.24) is 34.8 Å². The van der Waals surface area contributed by atoms with Gasteiger partial charge in [0, 0.05) is 58.0 Å². The number of carbonyl (C=O) groups excluding carboxylic acids is 1. The van der Waals surface area contributed by atoms with Crippen LogP contribution in [0.3, 0.4) is 0 Å². The van der Waals surface area contributed by atoms with Gasteiger partial charge < -0.3 is 5.32 Å². The summed E-state index contributed by atoms with van der Waals surface area (Å²) >= 11 is 0. The lowest BCUT2D eigenvalue weighted by molar-refractivity contribution is 0.0937. The van der Waals surface area contributed by atoms with Crippen molar-refractivity contribution in [3.05, 3.63) is 66.0 Å². The van der Waals surface area contributed by atoms with Gasteiger partial charge in [0.1, 0.15) is 5.69 Å². The minimum atomic E-state index is -0.0971. The highest BCUT2D eigenvalue weighted by Gasteiger charge is 2.25. The van der Waals surface area contributed by atoms with Crippen molar-refractivity contribution in [3.63, 3.8) is 0 Å². The molecule has 0 bridgehead atoms. The van der Waals surface area contributed by atoms with E-state index < -0.39 is 0 Å². The lowest BCUT2D eigenvalue weighted by Crippen LogP contribution is -2.39. The Bertz CT molecular complexity index is 902. The van der Waals surface area contributed by atoms with E-state index in [0.29, 0.717) is 12.2 Å². The van der Waals surface area contributed by atoms with Crippen LogP contribution in [0.5, 0.6) is 0 Å². The quantitative estimate of drug-likeness (QED) is 0.714. The number of carbonyl (C=O) groups is 1. The summed E-state index contributed by atoms with van der Waals surface area (Å²) in [7, 11) is 1.77. The van der Waals surface area contributed by atoms with Crippen molar-refractivity contribution in [3.8, 4) is 0 Å². The molecule has 0 aliphatic carbocycles. The average Bonchev–Trinajstić information content (AvgIpc) is 3.31. The van der Waals surface area contributed by atoms with Crippen LogP contribution in [-0.2, 0) is 20.1 Å². The topological polar surface area (TPSA) is 80.9 Å². The second-order valence-corrected chi connectivity index (χ2v) is 6.83. The highest BCUT2D eigenvalue weighted by atomic mass is 16.2. The Morgan fingerprint density at radius 3 is 2.74 bits per heavy atom. The Hall–Kier alpha value is -3.00. The Morgan fingerprint density at radius 1 is 1.15 bits per heavy atom. The number of aryl methyl sites for hydroxylation is 1. The summed E-state index contributed by atoms with van der Waals surface area (Å²) in [6, 6.07) is 8.12. The molecule has 27 heavy (non-hydrogen) atoms. The molecule has 4 rings (SSSR count). The first-order valence-electron chi connectivity index (χ1n) is 9.10. The van der Waals surface area contributed by atoms with E-state index in [2.05, 4.69) is 48.3 Å². The van der Waals surface area contributed by atoms with Crippen LogP contribution in [0.15, 0.2) is 49.1 Å². The second kappa shape index (κ2) is 7.71. The summed E-state index contributed by atoms with van der Waals surface area (Å²) in [6.45, 7) is 3.25. The first-order valence-corrected chi connectivity index (χ1v) is 9.10. The molecule has 1 aliphatic heterocycles. The Morgan fingerprint density at radius 2 is 1.96 bits per heavy atom. The minimum absolute atomic E-state index is 0.0971. The molecule has 8 heteroatoms. The first-order chi connectivity index (χ1) is 13.2. The van der Waals surface area contributed by atoms with Crippen molar-refractivity contribution in [1.29, 1.82) is 0 Å². The number of fused-ring (bicyclic) bond motifs is 1. The van der Waals surface area contributed by atoms with Crippen LogP contribution >= 0.6 is 0 Å². The van der Waals surface area contributed by atoms with Crippen LogP contribution in [0, 0.1) is 0 Å². The van der Waals surface area contributed by atoms with Crippen LogP contribution in [0.25, 0.3) is 0 Å². The molecule has 8 nitrogen and oxygen atoms in total. The van der Waals surface area contributed by atoms with Gasteiger partial charge in [-0.25, -0.2) is 0 Å². The molecule has 0 fully saturated rings. The molecule has 1 amide bonds. The zero-order valence-corrected chi connectivity index (χ0v) is 15.3. The summed E-state index contributed by atoms with van der Waals surface area (Å²) in [5.41, 5.74) is 3.03. The normalized spacial score (nSPS) is 16.9. The van der Waals surface area contributed by atoms with Gasteiger partial charge in [-0.2, -0.15) is 10.2 Å². The fourth-order valence-electron chi connectivity index (χ4n) is 3.58. The lowest BCUT2D eigenvalue weighted by atomic mass is 10.1. The highest BCUT2D eigenvalue weighted by Crippen LogP contribution is 2.24. The third kappa shape index (κ3) is 3.90. The molecule has 3 aromatic rings. The predicted octanol–water partition coefficient (Wildman–Crippen LogP) is 1.39. The molecule has 140 valence electrons. The molecule has 0 saturated carbocycles. The fourth-order valence-corrected chi connectivity index (χ4v) is 3.58. The van der Waals surface area contributed by atoms with Gasteiger partial charge in [-0.15, -0.1) is 0 Å². The van der Waals surface area contributed by atoms with Crippen molar-refractivity contribution in [2.45, 2.75) is 25.6 Å². The smallest absolute Gasteiger partial charge is 0.269 e. The standard InChI is InChI=1S/C19H23N7O/c1-24-18(6-11-22-24)19(27)21-9-4-16-13-25(12-15-2-7-20-8-3-15)14-17-5-10-23-26(16)17/h2-3,5-8,10-11,16H,4,9,12-14H2,1H3,(H,21,27). The Labute approximate surface area is 157 Å². The third-order valence-corrected chi connectivity index (χ3v) is 4.92. The van der Waals surface area contributed by atoms with E-state index in [1.165, 1.54) is 11.3 Å². The maximum atomic E-state index is 12.3. The van der Waals surface area contributed by atoms with Gasteiger partial charge in [-0.3, -0.25) is 24.0 Å². The summed E-state index contributed by atoms with van der Waals surface area (Å²) in [5.74, 6) is -0.0971. The third-order valence-electron chi connectivity index (χ3n) is 4.92. The average molecular weight is 365 g/mol. The van der Waals surface area contributed by atoms with E-state index in [1.807, 2.05) is 18.6 Å². The van der Waals surface area contributed by atoms with Gasteiger partial charge in [-0.05, 0) is 36.2 Å². The summed E-state index contributed by atoms with van der Waals surface area (Å²) in [6.07, 6.45) is 7.96. The van der Waals surface area contributed by atoms with Crippen LogP contribution in [-0.4, -0.2) is 48.4 Å². The molecule has 3 aromatic heterocycles. The van der Waals surface area contributed by atoms with E-state index >= 15 is 0 Å². The molecule has 1 unspecified atom stereocenters. The van der Waals surface area contributed by atoms with Crippen LogP contribution in [0.1, 0.15) is 34.2 Å². The van der Waals surface area contributed by atoms with E-state index in [9.17, 15) is 4.79 Å². The summed E-state index contributed by atoms with van der Waals surface area (Å²) < 4.78 is 3.68. The maximum Gasteiger partial charge on any atom is 0.269 e. The van der Waals surface area contributed by atoms with Crippen molar-refractivity contribution < 1.29 is 4.79 Å². The van der Waals surface area contributed by atoms with Crippen LogP contribution in [0.4, 0.5) is 0 Å². The molecule has 1 aliphatic rings.